The third kappa shape index (κ3) is 7.98. The summed E-state index contributed by atoms with van der Waals surface area (Å²) in [5.74, 6) is 0.615. The molecule has 0 radical (unpaired) electrons. The zero-order valence-electron chi connectivity index (χ0n) is 22.5. The molecule has 1 aromatic carbocycles. The molecule has 0 unspecified atom stereocenters. The van der Waals surface area contributed by atoms with Crippen molar-refractivity contribution in [2.75, 3.05) is 13.1 Å². The van der Waals surface area contributed by atoms with E-state index in [1.54, 1.807) is 4.90 Å². The van der Waals surface area contributed by atoms with Gasteiger partial charge in [0.1, 0.15) is 0 Å². The predicted molar refractivity (Wildman–Crippen MR) is 143 cm³/mol. The summed E-state index contributed by atoms with van der Waals surface area (Å²) in [7, 11) is 0. The van der Waals surface area contributed by atoms with Gasteiger partial charge in [-0.15, -0.1) is 0 Å². The van der Waals surface area contributed by atoms with E-state index in [-0.39, 0.29) is 24.4 Å². The first-order chi connectivity index (χ1) is 16.6. The van der Waals surface area contributed by atoms with E-state index >= 15 is 0 Å². The molecule has 2 amide bonds. The highest BCUT2D eigenvalue weighted by Gasteiger charge is 2.32. The molecule has 0 N–H and O–H groups in total. The molecule has 1 aliphatic rings. The van der Waals surface area contributed by atoms with E-state index in [1.165, 1.54) is 12.0 Å². The van der Waals surface area contributed by atoms with Gasteiger partial charge in [-0.3, -0.25) is 9.59 Å². The molecule has 0 spiro atoms. The first kappa shape index (κ1) is 27.0. The number of hydrogen-bond acceptors (Lipinski definition) is 2. The van der Waals surface area contributed by atoms with E-state index in [1.807, 2.05) is 26.8 Å². The fourth-order valence-electron chi connectivity index (χ4n) is 4.91. The third-order valence-corrected chi connectivity index (χ3v) is 7.02. The van der Waals surface area contributed by atoms with E-state index in [0.717, 1.165) is 44.3 Å². The van der Waals surface area contributed by atoms with Gasteiger partial charge in [0, 0.05) is 36.4 Å². The van der Waals surface area contributed by atoms with Crippen LogP contribution in [0.15, 0.2) is 48.7 Å². The normalized spacial score (nSPS) is 14.8. The number of rotatable bonds is 10. The summed E-state index contributed by atoms with van der Waals surface area (Å²) < 4.78 is 2.25. The van der Waals surface area contributed by atoms with Gasteiger partial charge in [-0.2, -0.15) is 0 Å². The standard InChI is InChI=1S/C30H45N3O2/c1-24(2)18-20-32(29(35)30(3,4)5)23-28(34)33(26-15-10-7-11-16-26)22-27-17-12-19-31(27)21-25-13-8-6-9-14-25/h6,8-9,12-14,17,19,24,26H,7,10-11,15-16,18,20-23H2,1-5H3. The largest absolute Gasteiger partial charge is 0.345 e. The predicted octanol–water partition coefficient (Wildman–Crippen LogP) is 6.12. The second-order valence-corrected chi connectivity index (χ2v) is 11.6. The molecule has 3 rings (SSSR count). The molecule has 5 heteroatoms. The monoisotopic (exact) mass is 479 g/mol. The lowest BCUT2D eigenvalue weighted by Gasteiger charge is -2.37. The first-order valence-electron chi connectivity index (χ1n) is 13.4. The van der Waals surface area contributed by atoms with Gasteiger partial charge < -0.3 is 14.4 Å². The summed E-state index contributed by atoms with van der Waals surface area (Å²) in [4.78, 5) is 31.0. The zero-order chi connectivity index (χ0) is 25.4. The Balaban J connectivity index is 1.80. The molecule has 1 saturated carbocycles. The van der Waals surface area contributed by atoms with Crippen LogP contribution in [0.4, 0.5) is 0 Å². The molecule has 0 aliphatic heterocycles. The van der Waals surface area contributed by atoms with Crippen LogP contribution >= 0.6 is 0 Å². The van der Waals surface area contributed by atoms with Crippen molar-refractivity contribution in [2.24, 2.45) is 11.3 Å². The van der Waals surface area contributed by atoms with Gasteiger partial charge in [0.2, 0.25) is 11.8 Å². The van der Waals surface area contributed by atoms with Crippen LogP contribution in [0, 0.1) is 11.3 Å². The molecule has 0 saturated heterocycles. The minimum absolute atomic E-state index is 0.0579. The van der Waals surface area contributed by atoms with Gasteiger partial charge in [0.25, 0.3) is 0 Å². The average molecular weight is 480 g/mol. The molecular weight excluding hydrogens is 434 g/mol. The maximum atomic E-state index is 13.8. The van der Waals surface area contributed by atoms with Crippen LogP contribution in [-0.4, -0.2) is 45.3 Å². The maximum Gasteiger partial charge on any atom is 0.242 e. The molecule has 1 fully saturated rings. The molecule has 0 bridgehead atoms. The van der Waals surface area contributed by atoms with Gasteiger partial charge in [0.05, 0.1) is 13.1 Å². The molecule has 192 valence electrons. The van der Waals surface area contributed by atoms with Crippen LogP contribution in [0.25, 0.3) is 0 Å². The Labute approximate surface area is 212 Å². The quantitative estimate of drug-likeness (QED) is 0.412. The smallest absolute Gasteiger partial charge is 0.242 e. The van der Waals surface area contributed by atoms with Gasteiger partial charge in [0.15, 0.2) is 0 Å². The Morgan fingerprint density at radius 1 is 1.00 bits per heavy atom. The van der Waals surface area contributed by atoms with Gasteiger partial charge in [-0.25, -0.2) is 0 Å². The molecule has 1 aliphatic carbocycles. The summed E-state index contributed by atoms with van der Waals surface area (Å²) in [6, 6.07) is 14.9. The van der Waals surface area contributed by atoms with E-state index < -0.39 is 5.41 Å². The summed E-state index contributed by atoms with van der Waals surface area (Å²) in [5.41, 5.74) is 1.89. The van der Waals surface area contributed by atoms with E-state index in [4.69, 9.17) is 0 Å². The third-order valence-electron chi connectivity index (χ3n) is 7.02. The van der Waals surface area contributed by atoms with E-state index in [0.29, 0.717) is 19.0 Å². The van der Waals surface area contributed by atoms with E-state index in [9.17, 15) is 9.59 Å². The summed E-state index contributed by atoms with van der Waals surface area (Å²) in [6.07, 6.45) is 8.66. The topological polar surface area (TPSA) is 45.6 Å². The Hall–Kier alpha value is -2.56. The molecule has 1 heterocycles. The van der Waals surface area contributed by atoms with Gasteiger partial charge in [-0.1, -0.05) is 84.2 Å². The van der Waals surface area contributed by atoms with Crippen molar-refractivity contribution in [1.82, 2.24) is 14.4 Å². The Bertz CT molecular complexity index is 936. The first-order valence-corrected chi connectivity index (χ1v) is 13.4. The zero-order valence-corrected chi connectivity index (χ0v) is 22.5. The van der Waals surface area contributed by atoms with Crippen molar-refractivity contribution in [3.05, 3.63) is 59.9 Å². The number of aromatic nitrogens is 1. The Morgan fingerprint density at radius 2 is 1.69 bits per heavy atom. The van der Waals surface area contributed by atoms with Crippen molar-refractivity contribution in [1.29, 1.82) is 0 Å². The number of carbonyl (C=O) groups is 2. The van der Waals surface area contributed by atoms with Crippen LogP contribution in [0.2, 0.25) is 0 Å². The Kier molecular flexibility index (Phi) is 9.59. The van der Waals surface area contributed by atoms with Crippen LogP contribution < -0.4 is 0 Å². The molecule has 35 heavy (non-hydrogen) atoms. The summed E-state index contributed by atoms with van der Waals surface area (Å²) >= 11 is 0. The van der Waals surface area contributed by atoms with Crippen molar-refractivity contribution >= 4 is 11.8 Å². The van der Waals surface area contributed by atoms with Gasteiger partial charge >= 0.3 is 0 Å². The molecule has 5 nitrogen and oxygen atoms in total. The van der Waals surface area contributed by atoms with Crippen molar-refractivity contribution in [3.63, 3.8) is 0 Å². The highest BCUT2D eigenvalue weighted by molar-refractivity contribution is 5.87. The lowest BCUT2D eigenvalue weighted by molar-refractivity contribution is -0.147. The van der Waals surface area contributed by atoms with Crippen LogP contribution in [0.1, 0.15) is 84.4 Å². The minimum atomic E-state index is -0.503. The molecule has 1 aromatic heterocycles. The fraction of sp³-hybridized carbons (Fsp3) is 0.600. The van der Waals surface area contributed by atoms with Crippen molar-refractivity contribution < 1.29 is 9.59 Å². The molecular formula is C30H45N3O2. The van der Waals surface area contributed by atoms with Crippen molar-refractivity contribution in [2.45, 2.75) is 92.3 Å². The lowest BCUT2D eigenvalue weighted by atomic mass is 9.93. The van der Waals surface area contributed by atoms with Crippen LogP contribution in [0.3, 0.4) is 0 Å². The minimum Gasteiger partial charge on any atom is -0.345 e. The number of carbonyl (C=O) groups excluding carboxylic acids is 2. The second-order valence-electron chi connectivity index (χ2n) is 11.6. The summed E-state index contributed by atoms with van der Waals surface area (Å²) in [5, 5.41) is 0. The SMILES string of the molecule is CC(C)CCN(CC(=O)N(Cc1cccn1Cc1ccccc1)C1CCCCC1)C(=O)C(C)(C)C. The molecule has 0 atom stereocenters. The number of hydrogen-bond donors (Lipinski definition) is 0. The van der Waals surface area contributed by atoms with Gasteiger partial charge in [-0.05, 0) is 42.9 Å². The second kappa shape index (κ2) is 12.4. The number of amides is 2. The molecule has 2 aromatic rings. The number of benzene rings is 1. The van der Waals surface area contributed by atoms with E-state index in [2.05, 4.69) is 65.9 Å². The average Bonchev–Trinajstić information content (AvgIpc) is 3.26. The Morgan fingerprint density at radius 3 is 2.31 bits per heavy atom. The highest BCUT2D eigenvalue weighted by Crippen LogP contribution is 2.26. The fourth-order valence-corrected chi connectivity index (χ4v) is 4.91. The number of nitrogens with zero attached hydrogens (tertiary/aromatic N) is 3. The maximum absolute atomic E-state index is 13.8. The summed E-state index contributed by atoms with van der Waals surface area (Å²) in [6.45, 7) is 12.3. The van der Waals surface area contributed by atoms with Crippen LogP contribution in [-0.2, 0) is 22.7 Å². The highest BCUT2D eigenvalue weighted by atomic mass is 16.2. The lowest BCUT2D eigenvalue weighted by Crippen LogP contribution is -2.50. The van der Waals surface area contributed by atoms with Crippen molar-refractivity contribution in [3.8, 4) is 0 Å². The van der Waals surface area contributed by atoms with Crippen LogP contribution in [0.5, 0.6) is 0 Å².